The molecule has 0 aliphatic carbocycles. The summed E-state index contributed by atoms with van der Waals surface area (Å²) in [5.74, 6) is -0.407. The Hall–Kier alpha value is -1.62. The first-order valence-electron chi connectivity index (χ1n) is 21.9. The molecule has 0 fully saturated rings. The minimum Gasteiger partial charge on any atom is -0.462 e. The number of ether oxygens (including phenoxy) is 3. The van der Waals surface area contributed by atoms with Gasteiger partial charge in [-0.25, -0.2) is 0 Å². The maximum atomic E-state index is 12.6. The van der Waals surface area contributed by atoms with Crippen LogP contribution in [0, 0.1) is 0 Å². The summed E-state index contributed by atoms with van der Waals surface area (Å²) in [5, 5.41) is 0. The van der Waals surface area contributed by atoms with Crippen molar-refractivity contribution in [3.63, 3.8) is 0 Å². The van der Waals surface area contributed by atoms with Gasteiger partial charge in [0.2, 0.25) is 0 Å². The fraction of sp³-hybridized carbons (Fsp3) is 0.867. The SMILES string of the molecule is CCCC/C=C\CCCCCCCC(=O)OCC(COCCCCCCCC/C=C\CCCCCC)OC(=O)CCCCCCCCCCC. The number of unbranched alkanes of at least 4 members (excludes halogenated alkanes) is 25. The normalized spacial score (nSPS) is 12.3. The highest BCUT2D eigenvalue weighted by molar-refractivity contribution is 5.70. The Labute approximate surface area is 311 Å². The smallest absolute Gasteiger partial charge is 0.306 e. The molecule has 0 heterocycles. The second kappa shape index (κ2) is 41.8. The van der Waals surface area contributed by atoms with Crippen molar-refractivity contribution >= 4 is 11.9 Å². The lowest BCUT2D eigenvalue weighted by molar-refractivity contribution is -0.163. The summed E-state index contributed by atoms with van der Waals surface area (Å²) in [6.07, 6.45) is 46.0. The predicted octanol–water partition coefficient (Wildman–Crippen LogP) is 14.1. The van der Waals surface area contributed by atoms with Crippen LogP contribution in [0.4, 0.5) is 0 Å². The third kappa shape index (κ3) is 39.2. The molecule has 0 saturated carbocycles. The highest BCUT2D eigenvalue weighted by Gasteiger charge is 2.17. The Morgan fingerprint density at radius 3 is 1.30 bits per heavy atom. The molecule has 1 atom stereocenters. The molecular formula is C45H84O5. The Morgan fingerprint density at radius 2 is 0.800 bits per heavy atom. The first-order valence-corrected chi connectivity index (χ1v) is 21.9. The summed E-state index contributed by atoms with van der Waals surface area (Å²) in [4.78, 5) is 25.1. The summed E-state index contributed by atoms with van der Waals surface area (Å²) < 4.78 is 17.2. The molecule has 0 aliphatic heterocycles. The summed E-state index contributed by atoms with van der Waals surface area (Å²) in [6.45, 7) is 7.76. The lowest BCUT2D eigenvalue weighted by Gasteiger charge is -2.18. The average Bonchev–Trinajstić information content (AvgIpc) is 3.11. The van der Waals surface area contributed by atoms with Crippen LogP contribution in [-0.4, -0.2) is 37.9 Å². The Kier molecular flexibility index (Phi) is 40.4. The Bertz CT molecular complexity index is 761. The van der Waals surface area contributed by atoms with Gasteiger partial charge in [0.05, 0.1) is 6.61 Å². The second-order valence-electron chi connectivity index (χ2n) is 14.6. The zero-order valence-corrected chi connectivity index (χ0v) is 33.7. The van der Waals surface area contributed by atoms with Crippen LogP contribution in [0.25, 0.3) is 0 Å². The van der Waals surface area contributed by atoms with Gasteiger partial charge in [-0.2, -0.15) is 0 Å². The van der Waals surface area contributed by atoms with Crippen molar-refractivity contribution in [2.75, 3.05) is 19.8 Å². The molecule has 0 amide bonds. The third-order valence-corrected chi connectivity index (χ3v) is 9.46. The topological polar surface area (TPSA) is 61.8 Å². The molecular weight excluding hydrogens is 620 g/mol. The van der Waals surface area contributed by atoms with Gasteiger partial charge in [-0.1, -0.05) is 173 Å². The van der Waals surface area contributed by atoms with Gasteiger partial charge in [0, 0.05) is 19.4 Å². The zero-order valence-electron chi connectivity index (χ0n) is 33.7. The van der Waals surface area contributed by atoms with E-state index in [4.69, 9.17) is 14.2 Å². The first kappa shape index (κ1) is 48.4. The second-order valence-corrected chi connectivity index (χ2v) is 14.6. The lowest BCUT2D eigenvalue weighted by atomic mass is 10.1. The fourth-order valence-electron chi connectivity index (χ4n) is 6.13. The van der Waals surface area contributed by atoms with Crippen LogP contribution in [0.15, 0.2) is 24.3 Å². The number of rotatable bonds is 40. The average molecular weight is 705 g/mol. The fourth-order valence-corrected chi connectivity index (χ4v) is 6.13. The van der Waals surface area contributed by atoms with Crippen LogP contribution in [0.2, 0.25) is 0 Å². The van der Waals surface area contributed by atoms with Gasteiger partial charge in [-0.3, -0.25) is 9.59 Å². The first-order chi connectivity index (χ1) is 24.6. The molecule has 0 spiro atoms. The molecule has 5 heteroatoms. The summed E-state index contributed by atoms with van der Waals surface area (Å²) in [5.41, 5.74) is 0. The van der Waals surface area contributed by atoms with Gasteiger partial charge < -0.3 is 14.2 Å². The highest BCUT2D eigenvalue weighted by atomic mass is 16.6. The quantitative estimate of drug-likeness (QED) is 0.0361. The third-order valence-electron chi connectivity index (χ3n) is 9.46. The number of hydrogen-bond donors (Lipinski definition) is 0. The van der Waals surface area contributed by atoms with E-state index in [-0.39, 0.29) is 25.2 Å². The maximum Gasteiger partial charge on any atom is 0.306 e. The van der Waals surface area contributed by atoms with Crippen molar-refractivity contribution in [3.05, 3.63) is 24.3 Å². The Morgan fingerprint density at radius 1 is 0.420 bits per heavy atom. The van der Waals surface area contributed by atoms with Crippen LogP contribution < -0.4 is 0 Å². The summed E-state index contributed by atoms with van der Waals surface area (Å²) >= 11 is 0. The number of carbonyl (C=O) groups excluding carboxylic acids is 2. The van der Waals surface area contributed by atoms with E-state index < -0.39 is 6.10 Å². The van der Waals surface area contributed by atoms with E-state index in [1.54, 1.807) is 0 Å². The van der Waals surface area contributed by atoms with Gasteiger partial charge in [-0.15, -0.1) is 0 Å². The largest absolute Gasteiger partial charge is 0.462 e. The molecule has 5 nitrogen and oxygen atoms in total. The van der Waals surface area contributed by atoms with Crippen molar-refractivity contribution in [1.82, 2.24) is 0 Å². The number of hydrogen-bond acceptors (Lipinski definition) is 5. The molecule has 1 unspecified atom stereocenters. The molecule has 0 N–H and O–H groups in total. The van der Waals surface area contributed by atoms with Crippen molar-refractivity contribution < 1.29 is 23.8 Å². The predicted molar refractivity (Wildman–Crippen MR) is 215 cm³/mol. The van der Waals surface area contributed by atoms with Crippen molar-refractivity contribution in [2.45, 2.75) is 232 Å². The zero-order chi connectivity index (χ0) is 36.4. The Balaban J connectivity index is 4.22. The van der Waals surface area contributed by atoms with Gasteiger partial charge >= 0.3 is 11.9 Å². The van der Waals surface area contributed by atoms with E-state index in [1.807, 2.05) is 0 Å². The van der Waals surface area contributed by atoms with E-state index in [2.05, 4.69) is 45.1 Å². The molecule has 0 aromatic rings. The van der Waals surface area contributed by atoms with Crippen molar-refractivity contribution in [2.24, 2.45) is 0 Å². The van der Waals surface area contributed by atoms with Gasteiger partial charge in [0.15, 0.2) is 6.10 Å². The lowest BCUT2D eigenvalue weighted by Crippen LogP contribution is -2.30. The number of esters is 2. The van der Waals surface area contributed by atoms with E-state index >= 15 is 0 Å². The molecule has 50 heavy (non-hydrogen) atoms. The molecule has 0 aliphatic rings. The van der Waals surface area contributed by atoms with Crippen molar-refractivity contribution in [3.8, 4) is 0 Å². The molecule has 0 aromatic heterocycles. The van der Waals surface area contributed by atoms with Crippen molar-refractivity contribution in [1.29, 1.82) is 0 Å². The minimum atomic E-state index is -0.532. The van der Waals surface area contributed by atoms with E-state index in [0.29, 0.717) is 19.4 Å². The number of carbonyl (C=O) groups is 2. The van der Waals surface area contributed by atoms with Crippen LogP contribution in [0.1, 0.15) is 226 Å². The minimum absolute atomic E-state index is 0.0832. The monoisotopic (exact) mass is 705 g/mol. The van der Waals surface area contributed by atoms with Crippen LogP contribution in [0.5, 0.6) is 0 Å². The maximum absolute atomic E-state index is 12.6. The van der Waals surface area contributed by atoms with Gasteiger partial charge in [0.25, 0.3) is 0 Å². The van der Waals surface area contributed by atoms with Crippen LogP contribution in [-0.2, 0) is 23.8 Å². The molecule has 294 valence electrons. The summed E-state index contributed by atoms with van der Waals surface area (Å²) in [7, 11) is 0. The molecule has 0 bridgehead atoms. The van der Waals surface area contributed by atoms with E-state index in [1.165, 1.54) is 141 Å². The highest BCUT2D eigenvalue weighted by Crippen LogP contribution is 2.13. The van der Waals surface area contributed by atoms with Gasteiger partial charge in [0.1, 0.15) is 6.61 Å². The standard InChI is InChI=1S/C45H84O5/c1-4-7-10-13-16-19-21-22-23-25-28-31-34-37-40-48-41-43(50-45(47)39-36-33-30-26-18-15-12-9-6-3)42-49-44(46)38-35-32-29-27-24-20-17-14-11-8-5-2/h14,17,19,21,43H,4-13,15-16,18,20,22-42H2,1-3H3/b17-14-,21-19-. The van der Waals surface area contributed by atoms with Crippen LogP contribution in [0.3, 0.4) is 0 Å². The molecule has 0 radical (unpaired) electrons. The molecule has 0 rings (SSSR count). The van der Waals surface area contributed by atoms with Crippen LogP contribution >= 0.6 is 0 Å². The summed E-state index contributed by atoms with van der Waals surface area (Å²) in [6, 6.07) is 0. The van der Waals surface area contributed by atoms with E-state index in [0.717, 1.165) is 51.4 Å². The molecule has 0 saturated heterocycles. The van der Waals surface area contributed by atoms with Gasteiger partial charge in [-0.05, 0) is 64.2 Å². The molecule has 0 aromatic carbocycles. The number of allylic oxidation sites excluding steroid dienone is 4. The van der Waals surface area contributed by atoms with E-state index in [9.17, 15) is 9.59 Å².